The quantitative estimate of drug-likeness (QED) is 0.288. The SMILES string of the molecule is COC(=O)[C@H](Cc1ccc(C2OC(C)(C)C(C)(C)O2)c2c1CCCO2)NC(=O)c1c(F)cc(N[C@H](C)C(F)(F)F)cc1F. The summed E-state index contributed by atoms with van der Waals surface area (Å²) in [4.78, 5) is 25.7. The van der Waals surface area contributed by atoms with Crippen molar-refractivity contribution in [3.8, 4) is 5.75 Å². The number of hydrogen-bond acceptors (Lipinski definition) is 7. The van der Waals surface area contributed by atoms with Crippen LogP contribution in [0, 0.1) is 11.6 Å². The first-order valence-electron chi connectivity index (χ1n) is 13.8. The first-order chi connectivity index (χ1) is 19.9. The molecule has 1 saturated heterocycles. The van der Waals surface area contributed by atoms with Gasteiger partial charge in [-0.15, -0.1) is 0 Å². The second-order valence-corrected chi connectivity index (χ2v) is 11.6. The first kappa shape index (κ1) is 32.5. The molecule has 1 fully saturated rings. The van der Waals surface area contributed by atoms with Crippen LogP contribution in [0.4, 0.5) is 27.6 Å². The van der Waals surface area contributed by atoms with Crippen LogP contribution in [0.15, 0.2) is 24.3 Å². The number of esters is 1. The number of anilines is 1. The monoisotopic (exact) mass is 614 g/mol. The summed E-state index contributed by atoms with van der Waals surface area (Å²) in [6.45, 7) is 8.94. The minimum absolute atomic E-state index is 0.0975. The highest BCUT2D eigenvalue weighted by molar-refractivity contribution is 5.97. The second kappa shape index (κ2) is 11.9. The summed E-state index contributed by atoms with van der Waals surface area (Å²) in [7, 11) is 1.10. The maximum absolute atomic E-state index is 14.8. The van der Waals surface area contributed by atoms with Crippen molar-refractivity contribution in [1.82, 2.24) is 5.32 Å². The molecule has 2 aliphatic rings. The van der Waals surface area contributed by atoms with Gasteiger partial charge < -0.3 is 29.6 Å². The van der Waals surface area contributed by atoms with Crippen molar-refractivity contribution in [3.63, 3.8) is 0 Å². The van der Waals surface area contributed by atoms with E-state index in [2.05, 4.69) is 5.32 Å². The minimum Gasteiger partial charge on any atom is -0.493 e. The summed E-state index contributed by atoms with van der Waals surface area (Å²) in [5.74, 6) is -4.41. The molecule has 236 valence electrons. The second-order valence-electron chi connectivity index (χ2n) is 11.6. The molecule has 0 radical (unpaired) electrons. The summed E-state index contributed by atoms with van der Waals surface area (Å²) in [6.07, 6.45) is -4.19. The van der Waals surface area contributed by atoms with Gasteiger partial charge in [-0.3, -0.25) is 4.79 Å². The van der Waals surface area contributed by atoms with Crippen LogP contribution in [0.2, 0.25) is 0 Å². The Hall–Kier alpha value is -3.45. The molecule has 2 atom stereocenters. The molecule has 0 bridgehead atoms. The molecule has 2 aromatic rings. The van der Waals surface area contributed by atoms with E-state index < -0.39 is 70.5 Å². The summed E-state index contributed by atoms with van der Waals surface area (Å²) in [5, 5.41) is 4.27. The molecule has 0 saturated carbocycles. The van der Waals surface area contributed by atoms with Crippen molar-refractivity contribution < 1.29 is 50.5 Å². The number of halogens is 5. The fourth-order valence-corrected chi connectivity index (χ4v) is 4.89. The minimum atomic E-state index is -4.66. The topological polar surface area (TPSA) is 95.1 Å². The number of nitrogens with one attached hydrogen (secondary N) is 2. The molecule has 8 nitrogen and oxygen atoms in total. The Morgan fingerprint density at radius 2 is 1.67 bits per heavy atom. The molecule has 0 unspecified atom stereocenters. The Balaban J connectivity index is 1.59. The molecule has 0 aliphatic carbocycles. The molecule has 2 aliphatic heterocycles. The number of rotatable bonds is 8. The van der Waals surface area contributed by atoms with Crippen LogP contribution >= 0.6 is 0 Å². The van der Waals surface area contributed by atoms with Crippen LogP contribution in [-0.2, 0) is 31.8 Å². The largest absolute Gasteiger partial charge is 0.493 e. The third kappa shape index (κ3) is 6.72. The number of benzene rings is 2. The zero-order chi connectivity index (χ0) is 31.9. The molecule has 2 heterocycles. The van der Waals surface area contributed by atoms with Gasteiger partial charge in [-0.25, -0.2) is 13.6 Å². The number of carbonyl (C=O) groups excluding carboxylic acids is 2. The van der Waals surface area contributed by atoms with Gasteiger partial charge in [0.25, 0.3) is 5.91 Å². The molecule has 0 aromatic heterocycles. The van der Waals surface area contributed by atoms with Crippen LogP contribution in [-0.4, -0.2) is 55.1 Å². The van der Waals surface area contributed by atoms with Gasteiger partial charge in [-0.2, -0.15) is 13.2 Å². The number of ether oxygens (including phenoxy) is 4. The van der Waals surface area contributed by atoms with Gasteiger partial charge in [-0.1, -0.05) is 6.07 Å². The molecule has 2 aromatic carbocycles. The zero-order valence-corrected chi connectivity index (χ0v) is 24.7. The maximum atomic E-state index is 14.8. The Kier molecular flexibility index (Phi) is 8.99. The third-order valence-electron chi connectivity index (χ3n) is 8.07. The van der Waals surface area contributed by atoms with Crippen molar-refractivity contribution in [1.29, 1.82) is 0 Å². The normalized spacial score (nSPS) is 19.1. The molecule has 0 spiro atoms. The summed E-state index contributed by atoms with van der Waals surface area (Å²) < 4.78 is 91.5. The number of amides is 1. The van der Waals surface area contributed by atoms with E-state index in [1.807, 2.05) is 33.0 Å². The fraction of sp³-hybridized carbons (Fsp3) is 0.533. The van der Waals surface area contributed by atoms with Crippen LogP contribution in [0.5, 0.6) is 5.75 Å². The average Bonchev–Trinajstić information content (AvgIpc) is 3.13. The summed E-state index contributed by atoms with van der Waals surface area (Å²) in [6, 6.07) is 1.21. The van der Waals surface area contributed by atoms with E-state index in [0.29, 0.717) is 48.5 Å². The van der Waals surface area contributed by atoms with Crippen molar-refractivity contribution >= 4 is 17.6 Å². The Bertz CT molecular complexity index is 1350. The highest BCUT2D eigenvalue weighted by atomic mass is 19.4. The number of alkyl halides is 3. The lowest BCUT2D eigenvalue weighted by Crippen LogP contribution is -2.44. The van der Waals surface area contributed by atoms with E-state index in [1.54, 1.807) is 12.1 Å². The smallest absolute Gasteiger partial charge is 0.408 e. The molecule has 13 heteroatoms. The molecular weight excluding hydrogens is 579 g/mol. The van der Waals surface area contributed by atoms with Gasteiger partial charge >= 0.3 is 12.1 Å². The van der Waals surface area contributed by atoms with Crippen molar-refractivity contribution in [2.75, 3.05) is 19.0 Å². The van der Waals surface area contributed by atoms with Crippen LogP contribution in [0.3, 0.4) is 0 Å². The van der Waals surface area contributed by atoms with Crippen LogP contribution in [0.1, 0.15) is 74.4 Å². The van der Waals surface area contributed by atoms with E-state index in [1.165, 1.54) is 0 Å². The summed E-state index contributed by atoms with van der Waals surface area (Å²) >= 11 is 0. The predicted molar refractivity (Wildman–Crippen MR) is 146 cm³/mol. The van der Waals surface area contributed by atoms with E-state index in [0.717, 1.165) is 19.6 Å². The first-order valence-corrected chi connectivity index (χ1v) is 13.8. The molecule has 43 heavy (non-hydrogen) atoms. The number of hydrogen-bond donors (Lipinski definition) is 2. The molecule has 4 rings (SSSR count). The molecule has 2 N–H and O–H groups in total. The zero-order valence-electron chi connectivity index (χ0n) is 24.7. The van der Waals surface area contributed by atoms with Gasteiger partial charge in [0.15, 0.2) is 6.29 Å². The average molecular weight is 615 g/mol. The van der Waals surface area contributed by atoms with Gasteiger partial charge in [0.2, 0.25) is 0 Å². The van der Waals surface area contributed by atoms with Crippen molar-refractivity contribution in [2.24, 2.45) is 0 Å². The number of methoxy groups -OCH3 is 1. The van der Waals surface area contributed by atoms with Crippen molar-refractivity contribution in [2.45, 2.75) is 89.6 Å². The number of carbonyl (C=O) groups is 2. The van der Waals surface area contributed by atoms with E-state index in [-0.39, 0.29) is 6.42 Å². The molecule has 1 amide bonds. The van der Waals surface area contributed by atoms with E-state index >= 15 is 0 Å². The van der Waals surface area contributed by atoms with Crippen LogP contribution in [0.25, 0.3) is 0 Å². The van der Waals surface area contributed by atoms with Gasteiger partial charge in [-0.05, 0) is 76.8 Å². The summed E-state index contributed by atoms with van der Waals surface area (Å²) in [5.41, 5.74) is -0.662. The maximum Gasteiger partial charge on any atom is 0.408 e. The van der Waals surface area contributed by atoms with Gasteiger partial charge in [0, 0.05) is 12.1 Å². The van der Waals surface area contributed by atoms with Crippen LogP contribution < -0.4 is 15.4 Å². The van der Waals surface area contributed by atoms with Gasteiger partial charge in [0.05, 0.1) is 30.5 Å². The standard InChI is InChI=1S/C30H35F5N2O6/c1-15(30(33,34)35)36-17-13-20(31)23(21(32)14-17)25(38)37-22(26(39)40-6)12-16-9-10-19(24-18(16)8-7-11-41-24)27-42-28(2,3)29(4,5)43-27/h9-10,13-15,22,27,36H,7-8,11-12H2,1-6H3,(H,37,38)/t15-,22+/m1/s1. The number of fused-ring (bicyclic) bond motifs is 1. The Labute approximate surface area is 246 Å². The lowest BCUT2D eigenvalue weighted by atomic mass is 9.90. The van der Waals surface area contributed by atoms with Gasteiger partial charge in [0.1, 0.15) is 35.0 Å². The van der Waals surface area contributed by atoms with Crippen molar-refractivity contribution in [3.05, 3.63) is 58.2 Å². The third-order valence-corrected chi connectivity index (χ3v) is 8.07. The van der Waals surface area contributed by atoms with E-state index in [9.17, 15) is 31.5 Å². The predicted octanol–water partition coefficient (Wildman–Crippen LogP) is 5.77. The Morgan fingerprint density at radius 1 is 1.07 bits per heavy atom. The highest BCUT2D eigenvalue weighted by Crippen LogP contribution is 2.48. The Morgan fingerprint density at radius 3 is 2.23 bits per heavy atom. The lowest BCUT2D eigenvalue weighted by molar-refractivity contribution is -0.143. The molecular formula is C30H35F5N2O6. The lowest BCUT2D eigenvalue weighted by Gasteiger charge is -2.30. The van der Waals surface area contributed by atoms with E-state index in [4.69, 9.17) is 18.9 Å². The highest BCUT2D eigenvalue weighted by Gasteiger charge is 2.50. The fourth-order valence-electron chi connectivity index (χ4n) is 4.89.